The van der Waals surface area contributed by atoms with Crippen LogP contribution in [0.25, 0.3) is 0 Å². The Labute approximate surface area is 120 Å². The predicted octanol–water partition coefficient (Wildman–Crippen LogP) is 2.60. The maximum atomic E-state index is 12.1. The van der Waals surface area contributed by atoms with E-state index in [0.29, 0.717) is 15.3 Å². The molecule has 0 N–H and O–H groups in total. The van der Waals surface area contributed by atoms with Crippen molar-refractivity contribution in [2.75, 3.05) is 0 Å². The van der Waals surface area contributed by atoms with E-state index in [4.69, 9.17) is 23.2 Å². The van der Waals surface area contributed by atoms with Crippen LogP contribution < -0.4 is 4.73 Å². The van der Waals surface area contributed by atoms with Crippen LogP contribution in [-0.4, -0.2) is 8.42 Å². The van der Waals surface area contributed by atoms with Crippen molar-refractivity contribution in [3.05, 3.63) is 63.4 Å². The molecule has 19 heavy (non-hydrogen) atoms. The third-order valence-corrected chi connectivity index (χ3v) is 4.85. The van der Waals surface area contributed by atoms with Crippen LogP contribution in [0.15, 0.2) is 47.6 Å². The minimum absolute atomic E-state index is 0.275. The topological polar surface area (TPSA) is 61.1 Å². The van der Waals surface area contributed by atoms with Gasteiger partial charge in [-0.15, -0.1) is 0 Å². The van der Waals surface area contributed by atoms with Gasteiger partial charge >= 0.3 is 5.03 Å². The molecule has 0 bridgehead atoms. The minimum atomic E-state index is -3.72. The van der Waals surface area contributed by atoms with Crippen molar-refractivity contribution in [3.8, 4) is 0 Å². The van der Waals surface area contributed by atoms with Gasteiger partial charge < -0.3 is 5.21 Å². The van der Waals surface area contributed by atoms with Crippen LogP contribution in [0.3, 0.4) is 0 Å². The Kier molecular flexibility index (Phi) is 3.99. The highest BCUT2D eigenvalue weighted by atomic mass is 35.5. The van der Waals surface area contributed by atoms with Crippen molar-refractivity contribution in [2.24, 2.45) is 0 Å². The largest absolute Gasteiger partial charge is 0.618 e. The molecule has 0 radical (unpaired) electrons. The monoisotopic (exact) mass is 317 g/mol. The molecule has 4 nitrogen and oxygen atoms in total. The van der Waals surface area contributed by atoms with Crippen molar-refractivity contribution in [1.82, 2.24) is 0 Å². The quantitative estimate of drug-likeness (QED) is 0.645. The van der Waals surface area contributed by atoms with E-state index in [-0.39, 0.29) is 15.8 Å². The van der Waals surface area contributed by atoms with Crippen LogP contribution in [0.1, 0.15) is 5.56 Å². The molecule has 0 saturated heterocycles. The zero-order valence-electron chi connectivity index (χ0n) is 9.58. The van der Waals surface area contributed by atoms with Gasteiger partial charge in [-0.1, -0.05) is 29.3 Å². The Morgan fingerprint density at radius 3 is 2.47 bits per heavy atom. The van der Waals surface area contributed by atoms with Gasteiger partial charge in [0, 0.05) is 12.1 Å². The van der Waals surface area contributed by atoms with Gasteiger partial charge in [-0.05, 0) is 23.8 Å². The van der Waals surface area contributed by atoms with Crippen LogP contribution in [-0.2, 0) is 15.6 Å². The summed E-state index contributed by atoms with van der Waals surface area (Å²) in [6.07, 6.45) is 1.14. The number of sulfone groups is 1. The normalized spacial score (nSPS) is 11.5. The molecular weight excluding hydrogens is 309 g/mol. The average molecular weight is 318 g/mol. The highest BCUT2D eigenvalue weighted by molar-refractivity contribution is 7.90. The molecule has 0 aliphatic rings. The summed E-state index contributed by atoms with van der Waals surface area (Å²) in [5.41, 5.74) is 0.471. The van der Waals surface area contributed by atoms with Gasteiger partial charge in [-0.3, -0.25) is 0 Å². The first-order chi connectivity index (χ1) is 8.90. The lowest BCUT2D eigenvalue weighted by Crippen LogP contribution is -2.33. The number of rotatable bonds is 3. The van der Waals surface area contributed by atoms with Crippen molar-refractivity contribution in [2.45, 2.75) is 10.8 Å². The third-order valence-electron chi connectivity index (χ3n) is 2.45. The Morgan fingerprint density at radius 2 is 1.84 bits per heavy atom. The van der Waals surface area contributed by atoms with Gasteiger partial charge in [-0.2, -0.15) is 4.73 Å². The maximum Gasteiger partial charge on any atom is 0.308 e. The fourth-order valence-corrected chi connectivity index (χ4v) is 3.28. The Balaban J connectivity index is 2.37. The van der Waals surface area contributed by atoms with Crippen LogP contribution in [0.4, 0.5) is 0 Å². The van der Waals surface area contributed by atoms with Gasteiger partial charge in [0.2, 0.25) is 9.84 Å². The van der Waals surface area contributed by atoms with E-state index >= 15 is 0 Å². The Bertz CT molecular complexity index is 717. The van der Waals surface area contributed by atoms with Gasteiger partial charge in [0.25, 0.3) is 0 Å². The lowest BCUT2D eigenvalue weighted by atomic mass is 10.2. The average Bonchev–Trinajstić information content (AvgIpc) is 2.34. The molecule has 100 valence electrons. The smallest absolute Gasteiger partial charge is 0.308 e. The molecular formula is C12H9Cl2NO3S. The standard InChI is InChI=1S/C12H9Cl2NO3S/c13-10-5-4-9(7-11(10)14)8-19(17,18)12-3-1-2-6-15(12)16/h1-7H,8H2. The molecule has 0 atom stereocenters. The number of hydrogen-bond donors (Lipinski definition) is 0. The van der Waals surface area contributed by atoms with E-state index in [0.717, 1.165) is 6.20 Å². The Morgan fingerprint density at radius 1 is 1.11 bits per heavy atom. The first-order valence-corrected chi connectivity index (χ1v) is 7.66. The molecule has 7 heteroatoms. The molecule has 2 rings (SSSR count). The highest BCUT2D eigenvalue weighted by Gasteiger charge is 2.23. The van der Waals surface area contributed by atoms with E-state index in [2.05, 4.69) is 0 Å². The summed E-state index contributed by atoms with van der Waals surface area (Å²) < 4.78 is 24.6. The second-order valence-electron chi connectivity index (χ2n) is 3.87. The van der Waals surface area contributed by atoms with Crippen molar-refractivity contribution >= 4 is 33.0 Å². The van der Waals surface area contributed by atoms with Gasteiger partial charge in [0.1, 0.15) is 0 Å². The molecule has 0 fully saturated rings. The molecule has 0 unspecified atom stereocenters. The fraction of sp³-hybridized carbons (Fsp3) is 0.0833. The first kappa shape index (κ1) is 14.1. The molecule has 1 aromatic carbocycles. The summed E-state index contributed by atoms with van der Waals surface area (Å²) >= 11 is 11.6. The maximum absolute atomic E-state index is 12.1. The predicted molar refractivity (Wildman–Crippen MR) is 72.8 cm³/mol. The second kappa shape index (κ2) is 5.36. The second-order valence-corrected chi connectivity index (χ2v) is 6.62. The number of pyridine rings is 1. The summed E-state index contributed by atoms with van der Waals surface area (Å²) in [7, 11) is -3.72. The summed E-state index contributed by atoms with van der Waals surface area (Å²) in [6, 6.07) is 8.77. The lowest BCUT2D eigenvalue weighted by molar-refractivity contribution is -0.646. The summed E-state index contributed by atoms with van der Waals surface area (Å²) in [5, 5.41) is 11.8. The van der Waals surface area contributed by atoms with E-state index in [1.807, 2.05) is 0 Å². The van der Waals surface area contributed by atoms with Gasteiger partial charge in [-0.25, -0.2) is 8.42 Å². The summed E-state index contributed by atoms with van der Waals surface area (Å²) in [4.78, 5) is 0. The minimum Gasteiger partial charge on any atom is -0.618 e. The summed E-state index contributed by atoms with van der Waals surface area (Å²) in [5.74, 6) is -0.309. The first-order valence-electron chi connectivity index (χ1n) is 5.25. The zero-order chi connectivity index (χ0) is 14.0. The molecule has 1 aromatic heterocycles. The number of halogens is 2. The van der Waals surface area contributed by atoms with E-state index in [1.165, 1.54) is 30.3 Å². The number of benzene rings is 1. The molecule has 0 aliphatic carbocycles. The van der Waals surface area contributed by atoms with Gasteiger partial charge in [0.15, 0.2) is 6.20 Å². The number of aromatic nitrogens is 1. The fourth-order valence-electron chi connectivity index (χ4n) is 1.58. The van der Waals surface area contributed by atoms with Crippen LogP contribution in [0.2, 0.25) is 10.0 Å². The highest BCUT2D eigenvalue weighted by Crippen LogP contribution is 2.24. The zero-order valence-corrected chi connectivity index (χ0v) is 11.9. The van der Waals surface area contributed by atoms with Crippen LogP contribution in [0.5, 0.6) is 0 Å². The van der Waals surface area contributed by atoms with Crippen molar-refractivity contribution in [1.29, 1.82) is 0 Å². The van der Waals surface area contributed by atoms with Crippen LogP contribution >= 0.6 is 23.2 Å². The number of hydrogen-bond acceptors (Lipinski definition) is 3. The molecule has 0 spiro atoms. The van der Waals surface area contributed by atoms with E-state index in [1.54, 1.807) is 6.07 Å². The van der Waals surface area contributed by atoms with Crippen molar-refractivity contribution in [3.63, 3.8) is 0 Å². The SMILES string of the molecule is O=S(=O)(Cc1ccc(Cl)c(Cl)c1)c1cccc[n+]1[O-]. The van der Waals surface area contributed by atoms with Crippen molar-refractivity contribution < 1.29 is 13.1 Å². The third kappa shape index (κ3) is 3.18. The molecule has 0 amide bonds. The molecule has 0 aliphatic heterocycles. The number of nitrogens with zero attached hydrogens (tertiary/aromatic N) is 1. The summed E-state index contributed by atoms with van der Waals surface area (Å²) in [6.45, 7) is 0. The Hall–Kier alpha value is -1.30. The van der Waals surface area contributed by atoms with Gasteiger partial charge in [0.05, 0.1) is 15.8 Å². The van der Waals surface area contributed by atoms with E-state index in [9.17, 15) is 13.6 Å². The molecule has 0 saturated carbocycles. The molecule has 2 aromatic rings. The molecule has 1 heterocycles. The van der Waals surface area contributed by atoms with E-state index < -0.39 is 9.84 Å². The lowest BCUT2D eigenvalue weighted by Gasteiger charge is -2.06. The van der Waals surface area contributed by atoms with Crippen LogP contribution in [0, 0.1) is 5.21 Å².